The summed E-state index contributed by atoms with van der Waals surface area (Å²) in [5, 5.41) is 26.3. The van der Waals surface area contributed by atoms with Gasteiger partial charge in [0.1, 0.15) is 36.6 Å². The number of benzene rings is 3. The summed E-state index contributed by atoms with van der Waals surface area (Å²) in [7, 11) is 0. The van der Waals surface area contributed by atoms with E-state index in [1.165, 1.54) is 4.90 Å². The molecule has 0 spiro atoms. The van der Waals surface area contributed by atoms with Crippen LogP contribution in [0.4, 0.5) is 5.69 Å². The lowest BCUT2D eigenvalue weighted by Gasteiger charge is -2.65. The summed E-state index contributed by atoms with van der Waals surface area (Å²) in [4.78, 5) is 66.5. The number of nitriles is 1. The second-order valence-corrected chi connectivity index (χ2v) is 23.2. The number of carbonyl (C=O) groups excluding carboxylic acids is 4. The van der Waals surface area contributed by atoms with Crippen molar-refractivity contribution < 1.29 is 33.8 Å². The minimum absolute atomic E-state index is 0.0131. The van der Waals surface area contributed by atoms with E-state index in [0.717, 1.165) is 64.4 Å². The first-order chi connectivity index (χ1) is 33.1. The van der Waals surface area contributed by atoms with Gasteiger partial charge in [-0.25, -0.2) is 4.98 Å². The van der Waals surface area contributed by atoms with Crippen LogP contribution in [-0.2, 0) is 25.7 Å². The molecule has 3 N–H and O–H groups in total. The van der Waals surface area contributed by atoms with E-state index in [1.54, 1.807) is 29.5 Å². The van der Waals surface area contributed by atoms with Crippen LogP contribution in [0.5, 0.6) is 5.75 Å². The van der Waals surface area contributed by atoms with E-state index >= 15 is 0 Å². The molecular formula is C54H66ClN7O7S. The number of nitrogens with one attached hydrogen (secondary N) is 2. The maximum absolute atomic E-state index is 14.2. The Morgan fingerprint density at radius 3 is 2.34 bits per heavy atom. The van der Waals surface area contributed by atoms with Crippen LogP contribution < -0.4 is 20.3 Å². The predicted octanol–water partition coefficient (Wildman–Crippen LogP) is 8.08. The molecule has 14 nitrogen and oxygen atoms in total. The molecule has 0 radical (unpaired) electrons. The normalized spacial score (nSPS) is 22.7. The van der Waals surface area contributed by atoms with E-state index in [2.05, 4.69) is 60.3 Å². The van der Waals surface area contributed by atoms with Crippen molar-refractivity contribution in [2.24, 2.45) is 22.2 Å². The van der Waals surface area contributed by atoms with Crippen LogP contribution in [0.25, 0.3) is 10.4 Å². The largest absolute Gasteiger partial charge is 0.489 e. The van der Waals surface area contributed by atoms with Gasteiger partial charge in [0, 0.05) is 66.8 Å². The number of hydrogen-bond acceptors (Lipinski definition) is 11. The van der Waals surface area contributed by atoms with Crippen LogP contribution >= 0.6 is 22.9 Å². The number of fused-ring (bicyclic) bond motifs is 1. The summed E-state index contributed by atoms with van der Waals surface area (Å²) < 4.78 is 12.5. The third-order valence-corrected chi connectivity index (χ3v) is 16.2. The van der Waals surface area contributed by atoms with Crippen molar-refractivity contribution in [2.75, 3.05) is 37.7 Å². The average molecular weight is 993 g/mol. The Morgan fingerprint density at radius 1 is 1.01 bits per heavy atom. The van der Waals surface area contributed by atoms with E-state index in [0.29, 0.717) is 29.5 Å². The second kappa shape index (κ2) is 19.9. The maximum atomic E-state index is 14.2. The van der Waals surface area contributed by atoms with Crippen molar-refractivity contribution in [2.45, 2.75) is 124 Å². The average Bonchev–Trinajstić information content (AvgIpc) is 4.02. The molecule has 8 rings (SSSR count). The number of carbonyl (C=O) groups is 4. The quantitative estimate of drug-likeness (QED) is 0.112. The Kier molecular flexibility index (Phi) is 14.5. The van der Waals surface area contributed by atoms with E-state index in [9.17, 15) is 29.5 Å². The van der Waals surface area contributed by atoms with Gasteiger partial charge in [0.15, 0.2) is 0 Å². The van der Waals surface area contributed by atoms with Crippen molar-refractivity contribution in [3.05, 3.63) is 99.1 Å². The maximum Gasteiger partial charge on any atom is 0.254 e. The first-order valence-electron chi connectivity index (χ1n) is 24.3. The molecule has 4 atom stereocenters. The Bertz CT molecular complexity index is 2650. The smallest absolute Gasteiger partial charge is 0.254 e. The van der Waals surface area contributed by atoms with E-state index in [1.807, 2.05) is 81.4 Å². The molecule has 16 heteroatoms. The van der Waals surface area contributed by atoms with Gasteiger partial charge in [-0.05, 0) is 85.0 Å². The summed E-state index contributed by atoms with van der Waals surface area (Å²) in [6.07, 6.45) is 0.748. The molecular weight excluding hydrogens is 926 g/mol. The number of ether oxygens (including phenoxy) is 2. The Morgan fingerprint density at radius 2 is 1.71 bits per heavy atom. The van der Waals surface area contributed by atoms with Gasteiger partial charge in [0.2, 0.25) is 17.7 Å². The molecule has 0 unspecified atom stereocenters. The zero-order valence-electron chi connectivity index (χ0n) is 41.7. The Labute approximate surface area is 420 Å². The highest BCUT2D eigenvalue weighted by molar-refractivity contribution is 7.13. The fourth-order valence-corrected chi connectivity index (χ4v) is 12.7. The number of thiazole rings is 1. The van der Waals surface area contributed by atoms with Gasteiger partial charge in [-0.1, -0.05) is 84.3 Å². The first-order valence-corrected chi connectivity index (χ1v) is 25.6. The number of aliphatic hydroxyl groups is 1. The van der Waals surface area contributed by atoms with Crippen molar-refractivity contribution in [3.63, 3.8) is 0 Å². The topological polar surface area (TPSA) is 177 Å². The molecule has 372 valence electrons. The molecule has 3 aromatic carbocycles. The highest BCUT2D eigenvalue weighted by Gasteiger charge is 2.67. The lowest BCUT2D eigenvalue weighted by molar-refractivity contribution is -0.199. The Balaban J connectivity index is 0.804. The minimum Gasteiger partial charge on any atom is -0.489 e. The van der Waals surface area contributed by atoms with Gasteiger partial charge < -0.3 is 39.9 Å². The number of hydrogen-bond donors (Lipinski definition) is 3. The van der Waals surface area contributed by atoms with Gasteiger partial charge in [0.25, 0.3) is 5.91 Å². The van der Waals surface area contributed by atoms with Crippen molar-refractivity contribution in [3.8, 4) is 22.3 Å². The number of piperidine rings is 1. The molecule has 4 aliphatic rings. The number of likely N-dealkylation sites (tertiary alicyclic amines) is 1. The highest BCUT2D eigenvalue weighted by Crippen LogP contribution is 2.59. The number of rotatable bonds is 14. The summed E-state index contributed by atoms with van der Waals surface area (Å²) in [5.41, 5.74) is 6.52. The molecule has 3 aliphatic heterocycles. The first kappa shape index (κ1) is 50.8. The van der Waals surface area contributed by atoms with Crippen LogP contribution in [0.3, 0.4) is 0 Å². The monoisotopic (exact) mass is 991 g/mol. The van der Waals surface area contributed by atoms with Crippen LogP contribution in [0, 0.1) is 40.4 Å². The molecule has 1 aromatic heterocycles. The van der Waals surface area contributed by atoms with Crippen LogP contribution in [0.1, 0.15) is 113 Å². The molecule has 4 heterocycles. The number of anilines is 1. The standard InChI is InChI=1S/C54H66ClN7O7S/c1-31(34-10-12-35(13-11-34)45-32(2)57-30-70-45)58-47(65)43-23-39(63)27-61(43)49(67)46(52(3,4)5)59-44(64)29-68-28-33-18-20-60(21-19-33)38-15-17-41-37(22-38)26-62(48(41)66)50-53(6,7)51(54(50,8)9)69-40-16-14-36(25-56)42(55)24-40/h10-17,22,24,30-31,33,39,43,46,50-51,63H,18-21,23,26-29H2,1-9H3,(H,58,65)(H,59,64)/t31-,39+,43-,46+,50-,51-/m0/s1. The third kappa shape index (κ3) is 10.2. The van der Waals surface area contributed by atoms with E-state index in [4.69, 9.17) is 21.1 Å². The molecule has 3 fully saturated rings. The van der Waals surface area contributed by atoms with Crippen LogP contribution in [0.2, 0.25) is 5.02 Å². The SMILES string of the molecule is Cc1ncsc1-c1ccc([C@H](C)NC(=O)[C@@H]2C[C@@H](O)CN2C(=O)[C@@H](NC(=O)COCC2CCN(c3ccc4c(c3)CN([C@H]3C(C)(C)[C@H](Oc5ccc(C#N)c(Cl)c5)C3(C)C)C4=O)CC2)C(C)(C)C)cc1. The van der Waals surface area contributed by atoms with Crippen LogP contribution in [0.15, 0.2) is 66.2 Å². The van der Waals surface area contributed by atoms with Gasteiger partial charge in [-0.2, -0.15) is 5.26 Å². The van der Waals surface area contributed by atoms with Crippen LogP contribution in [-0.4, -0.2) is 107 Å². The molecule has 0 bridgehead atoms. The predicted molar refractivity (Wildman–Crippen MR) is 270 cm³/mol. The zero-order chi connectivity index (χ0) is 50.4. The van der Waals surface area contributed by atoms with Gasteiger partial charge in [0.05, 0.1) is 45.4 Å². The third-order valence-electron chi connectivity index (χ3n) is 14.9. The fraction of sp³-hybridized carbons (Fsp3) is 0.519. The summed E-state index contributed by atoms with van der Waals surface area (Å²) in [5.74, 6) is -0.351. The second-order valence-electron chi connectivity index (χ2n) is 21.9. The van der Waals surface area contributed by atoms with Crippen molar-refractivity contribution >= 4 is 52.3 Å². The number of aryl methyl sites for hydroxylation is 1. The molecule has 4 amide bonds. The lowest BCUT2D eigenvalue weighted by atomic mass is 9.49. The highest BCUT2D eigenvalue weighted by atomic mass is 35.5. The zero-order valence-corrected chi connectivity index (χ0v) is 43.2. The van der Waals surface area contributed by atoms with Gasteiger partial charge >= 0.3 is 0 Å². The number of aromatic nitrogens is 1. The van der Waals surface area contributed by atoms with E-state index < -0.39 is 35.4 Å². The summed E-state index contributed by atoms with van der Waals surface area (Å²) in [6.45, 7) is 20.3. The molecule has 2 saturated heterocycles. The van der Waals surface area contributed by atoms with E-state index in [-0.39, 0.29) is 66.3 Å². The number of nitrogens with zero attached hydrogens (tertiary/aromatic N) is 5. The number of β-amino-alcohol motifs (C(OH)–C–C–N with tert-alkyl or cyclic N) is 1. The van der Waals surface area contributed by atoms with Gasteiger partial charge in [-0.3, -0.25) is 19.2 Å². The number of aliphatic hydroxyl groups excluding tert-OH is 1. The minimum atomic E-state index is -0.958. The summed E-state index contributed by atoms with van der Waals surface area (Å²) >= 11 is 7.89. The number of amides is 4. The van der Waals surface area contributed by atoms with Gasteiger partial charge in [-0.15, -0.1) is 11.3 Å². The van der Waals surface area contributed by atoms with Crippen molar-refractivity contribution in [1.29, 1.82) is 5.26 Å². The number of halogens is 1. The Hall–Kier alpha value is -5.53. The van der Waals surface area contributed by atoms with Crippen molar-refractivity contribution in [1.82, 2.24) is 25.4 Å². The molecule has 1 aliphatic carbocycles. The molecule has 70 heavy (non-hydrogen) atoms. The lowest BCUT2D eigenvalue weighted by Crippen LogP contribution is -2.74. The molecule has 4 aromatic rings. The summed E-state index contributed by atoms with van der Waals surface area (Å²) in [6, 6.07) is 19.0. The molecule has 1 saturated carbocycles. The fourth-order valence-electron chi connectivity index (χ4n) is 11.6.